The molecule has 0 spiro atoms. The second-order valence-corrected chi connectivity index (χ2v) is 5.37. The van der Waals surface area contributed by atoms with E-state index in [9.17, 15) is 9.18 Å². The van der Waals surface area contributed by atoms with Crippen LogP contribution in [0.5, 0.6) is 0 Å². The predicted molar refractivity (Wildman–Crippen MR) is 93.0 cm³/mol. The summed E-state index contributed by atoms with van der Waals surface area (Å²) in [4.78, 5) is 22.2. The number of urea groups is 1. The number of benzene rings is 1. The van der Waals surface area contributed by atoms with Crippen LogP contribution in [0.4, 0.5) is 26.5 Å². The van der Waals surface area contributed by atoms with E-state index in [1.165, 1.54) is 24.3 Å². The molecular weight excluding hydrogens is 311 g/mol. The predicted octanol–water partition coefficient (Wildman–Crippen LogP) is 2.22. The van der Waals surface area contributed by atoms with Gasteiger partial charge in [0.2, 0.25) is 0 Å². The number of rotatable bonds is 6. The summed E-state index contributed by atoms with van der Waals surface area (Å²) in [6.07, 6.45) is 0. The third-order valence-electron chi connectivity index (χ3n) is 3.10. The first-order valence-electron chi connectivity index (χ1n) is 7.51. The number of carbonyl (C=O) groups is 1. The molecular formula is C16H21FN6O. The molecule has 3 N–H and O–H groups in total. The fourth-order valence-corrected chi connectivity index (χ4v) is 1.95. The highest BCUT2D eigenvalue weighted by Gasteiger charge is 2.04. The van der Waals surface area contributed by atoms with Crippen molar-refractivity contribution in [3.8, 4) is 0 Å². The largest absolute Gasteiger partial charge is 0.368 e. The summed E-state index contributed by atoms with van der Waals surface area (Å²) in [6.45, 7) is 2.75. The standard InChI is InChI=1S/C16H21FN6O/c1-11-20-14(10-15(21-11)23(2)3)18-8-9-19-16(24)22-13-6-4-12(17)5-7-13/h4-7,10H,8-9H2,1-3H3,(H,18,20,21)(H2,19,22,24). The summed E-state index contributed by atoms with van der Waals surface area (Å²) in [7, 11) is 3.82. The summed E-state index contributed by atoms with van der Waals surface area (Å²) >= 11 is 0. The molecule has 7 nitrogen and oxygen atoms in total. The van der Waals surface area contributed by atoms with Crippen molar-refractivity contribution >= 4 is 23.4 Å². The summed E-state index contributed by atoms with van der Waals surface area (Å²) in [5, 5.41) is 8.47. The number of nitrogens with one attached hydrogen (secondary N) is 3. The number of carbonyl (C=O) groups excluding carboxylic acids is 1. The molecule has 0 unspecified atom stereocenters. The Morgan fingerprint density at radius 1 is 1.17 bits per heavy atom. The molecule has 2 amide bonds. The Bertz CT molecular complexity index is 689. The monoisotopic (exact) mass is 332 g/mol. The fraction of sp³-hybridized carbons (Fsp3) is 0.312. The van der Waals surface area contributed by atoms with Gasteiger partial charge in [0.1, 0.15) is 23.3 Å². The summed E-state index contributed by atoms with van der Waals surface area (Å²) in [5.41, 5.74) is 0.531. The van der Waals surface area contributed by atoms with Gasteiger partial charge in [-0.05, 0) is 31.2 Å². The fourth-order valence-electron chi connectivity index (χ4n) is 1.95. The Hall–Kier alpha value is -2.90. The molecule has 0 saturated heterocycles. The molecule has 0 fully saturated rings. The lowest BCUT2D eigenvalue weighted by molar-refractivity contribution is 0.252. The topological polar surface area (TPSA) is 82.2 Å². The molecule has 2 aromatic rings. The van der Waals surface area contributed by atoms with Crippen molar-refractivity contribution in [2.24, 2.45) is 0 Å². The van der Waals surface area contributed by atoms with Gasteiger partial charge in [-0.1, -0.05) is 0 Å². The van der Waals surface area contributed by atoms with Crippen LogP contribution >= 0.6 is 0 Å². The minimum Gasteiger partial charge on any atom is -0.368 e. The van der Waals surface area contributed by atoms with Crippen LogP contribution in [0.2, 0.25) is 0 Å². The molecule has 0 atom stereocenters. The van der Waals surface area contributed by atoms with Gasteiger partial charge >= 0.3 is 6.03 Å². The Labute approximate surface area is 140 Å². The van der Waals surface area contributed by atoms with Gasteiger partial charge in [-0.25, -0.2) is 19.2 Å². The van der Waals surface area contributed by atoms with Crippen molar-refractivity contribution in [1.29, 1.82) is 0 Å². The van der Waals surface area contributed by atoms with Gasteiger partial charge in [-0.15, -0.1) is 0 Å². The van der Waals surface area contributed by atoms with Crippen LogP contribution in [0.1, 0.15) is 5.82 Å². The van der Waals surface area contributed by atoms with Gasteiger partial charge in [0.05, 0.1) is 0 Å². The molecule has 24 heavy (non-hydrogen) atoms. The van der Waals surface area contributed by atoms with Crippen LogP contribution in [0.3, 0.4) is 0 Å². The third kappa shape index (κ3) is 5.38. The summed E-state index contributed by atoms with van der Waals surface area (Å²) in [6, 6.07) is 7.06. The smallest absolute Gasteiger partial charge is 0.319 e. The highest BCUT2D eigenvalue weighted by Crippen LogP contribution is 2.13. The Balaban J connectivity index is 1.76. The van der Waals surface area contributed by atoms with Crippen molar-refractivity contribution in [3.63, 3.8) is 0 Å². The maximum Gasteiger partial charge on any atom is 0.319 e. The van der Waals surface area contributed by atoms with Crippen molar-refractivity contribution in [2.45, 2.75) is 6.92 Å². The van der Waals surface area contributed by atoms with Crippen LogP contribution in [0.25, 0.3) is 0 Å². The average molecular weight is 332 g/mol. The second-order valence-electron chi connectivity index (χ2n) is 5.37. The molecule has 2 rings (SSSR count). The minimum absolute atomic E-state index is 0.345. The van der Waals surface area contributed by atoms with E-state index in [2.05, 4.69) is 25.9 Å². The Morgan fingerprint density at radius 2 is 1.88 bits per heavy atom. The minimum atomic E-state index is -0.351. The molecule has 128 valence electrons. The first-order chi connectivity index (χ1) is 11.4. The lowest BCUT2D eigenvalue weighted by atomic mass is 10.3. The molecule has 0 radical (unpaired) electrons. The van der Waals surface area contributed by atoms with Crippen LogP contribution in [0.15, 0.2) is 30.3 Å². The molecule has 1 aromatic heterocycles. The lowest BCUT2D eigenvalue weighted by Gasteiger charge is -2.14. The Morgan fingerprint density at radius 3 is 2.54 bits per heavy atom. The first-order valence-corrected chi connectivity index (χ1v) is 7.51. The molecule has 0 saturated carbocycles. The molecule has 8 heteroatoms. The molecule has 0 aliphatic rings. The molecule has 1 aromatic carbocycles. The zero-order valence-corrected chi connectivity index (χ0v) is 13.9. The SMILES string of the molecule is Cc1nc(NCCNC(=O)Nc2ccc(F)cc2)cc(N(C)C)n1. The van der Waals surface area contributed by atoms with E-state index in [0.29, 0.717) is 30.4 Å². The van der Waals surface area contributed by atoms with Gasteiger partial charge < -0.3 is 20.9 Å². The third-order valence-corrected chi connectivity index (χ3v) is 3.10. The maximum absolute atomic E-state index is 12.8. The van der Waals surface area contributed by atoms with E-state index in [1.54, 1.807) is 0 Å². The number of hydrogen-bond donors (Lipinski definition) is 3. The quantitative estimate of drug-likeness (QED) is 0.707. The van der Waals surface area contributed by atoms with E-state index in [1.807, 2.05) is 32.0 Å². The number of amides is 2. The maximum atomic E-state index is 12.8. The van der Waals surface area contributed by atoms with Crippen LogP contribution < -0.4 is 20.9 Å². The van der Waals surface area contributed by atoms with E-state index in [0.717, 1.165) is 5.82 Å². The van der Waals surface area contributed by atoms with E-state index < -0.39 is 0 Å². The normalized spacial score (nSPS) is 10.2. The Kier molecular flexibility index (Phi) is 5.89. The van der Waals surface area contributed by atoms with Gasteiger partial charge in [0.25, 0.3) is 0 Å². The second kappa shape index (κ2) is 8.09. The van der Waals surface area contributed by atoms with Crippen molar-refractivity contribution < 1.29 is 9.18 Å². The van der Waals surface area contributed by atoms with Crippen molar-refractivity contribution in [1.82, 2.24) is 15.3 Å². The number of halogens is 1. The highest BCUT2D eigenvalue weighted by atomic mass is 19.1. The summed E-state index contributed by atoms with van der Waals surface area (Å²) in [5.74, 6) is 1.84. The van der Waals surface area contributed by atoms with Crippen LogP contribution in [-0.2, 0) is 0 Å². The average Bonchev–Trinajstić information content (AvgIpc) is 2.53. The number of aromatic nitrogens is 2. The van der Waals surface area contributed by atoms with E-state index >= 15 is 0 Å². The highest BCUT2D eigenvalue weighted by molar-refractivity contribution is 5.89. The van der Waals surface area contributed by atoms with Gasteiger partial charge in [-0.2, -0.15) is 0 Å². The molecule has 0 bridgehead atoms. The molecule has 0 aliphatic heterocycles. The number of nitrogens with zero attached hydrogens (tertiary/aromatic N) is 3. The van der Waals surface area contributed by atoms with Crippen molar-refractivity contribution in [3.05, 3.63) is 42.0 Å². The lowest BCUT2D eigenvalue weighted by Crippen LogP contribution is -2.32. The van der Waals surface area contributed by atoms with E-state index in [-0.39, 0.29) is 11.8 Å². The van der Waals surface area contributed by atoms with Crippen molar-refractivity contribution in [2.75, 3.05) is 42.7 Å². The molecule has 0 aliphatic carbocycles. The first kappa shape index (κ1) is 17.5. The number of hydrogen-bond acceptors (Lipinski definition) is 5. The number of aryl methyl sites for hydroxylation is 1. The van der Waals surface area contributed by atoms with Crippen LogP contribution in [0, 0.1) is 12.7 Å². The zero-order chi connectivity index (χ0) is 17.5. The van der Waals surface area contributed by atoms with Gasteiger partial charge in [0.15, 0.2) is 0 Å². The zero-order valence-electron chi connectivity index (χ0n) is 13.9. The van der Waals surface area contributed by atoms with Gasteiger partial charge in [-0.3, -0.25) is 0 Å². The summed E-state index contributed by atoms with van der Waals surface area (Å²) < 4.78 is 12.8. The van der Waals surface area contributed by atoms with Crippen LogP contribution in [-0.4, -0.2) is 43.2 Å². The molecule has 1 heterocycles. The van der Waals surface area contributed by atoms with E-state index in [4.69, 9.17) is 0 Å². The van der Waals surface area contributed by atoms with Gasteiger partial charge in [0, 0.05) is 38.9 Å². The number of anilines is 3.